The lowest BCUT2D eigenvalue weighted by Gasteiger charge is -2.01. The molecule has 18 heavy (non-hydrogen) atoms. The standard InChI is InChI=1S/C13H14N2O3/c14-7-12(16)10-8-15(6-5-13(17)18)11-4-2-1-3-9(10)11/h1-4,8H,5-7,14H2,(H,17,18). The van der Waals surface area contributed by atoms with E-state index in [0.717, 1.165) is 10.9 Å². The minimum Gasteiger partial charge on any atom is -0.481 e. The monoisotopic (exact) mass is 246 g/mol. The summed E-state index contributed by atoms with van der Waals surface area (Å²) in [6.07, 6.45) is 1.71. The van der Waals surface area contributed by atoms with Crippen molar-refractivity contribution in [3.05, 3.63) is 36.0 Å². The second kappa shape index (κ2) is 5.01. The number of benzene rings is 1. The van der Waals surface area contributed by atoms with E-state index in [1.807, 2.05) is 24.3 Å². The van der Waals surface area contributed by atoms with Crippen molar-refractivity contribution in [2.45, 2.75) is 13.0 Å². The van der Waals surface area contributed by atoms with Crippen LogP contribution in [0.1, 0.15) is 16.8 Å². The molecule has 0 saturated carbocycles. The molecular formula is C13H14N2O3. The van der Waals surface area contributed by atoms with E-state index in [2.05, 4.69) is 0 Å². The molecule has 0 unspecified atom stereocenters. The molecule has 0 saturated heterocycles. The molecule has 0 aliphatic rings. The van der Waals surface area contributed by atoms with Gasteiger partial charge in [0.05, 0.1) is 13.0 Å². The number of carboxylic acid groups (broad SMARTS) is 1. The van der Waals surface area contributed by atoms with Gasteiger partial charge in [-0.3, -0.25) is 9.59 Å². The highest BCUT2D eigenvalue weighted by molar-refractivity contribution is 6.08. The van der Waals surface area contributed by atoms with Gasteiger partial charge in [0.2, 0.25) is 0 Å². The highest BCUT2D eigenvalue weighted by Gasteiger charge is 2.13. The minimum atomic E-state index is -0.862. The highest BCUT2D eigenvalue weighted by Crippen LogP contribution is 2.21. The third-order valence-electron chi connectivity index (χ3n) is 2.84. The summed E-state index contributed by atoms with van der Waals surface area (Å²) in [7, 11) is 0. The smallest absolute Gasteiger partial charge is 0.305 e. The van der Waals surface area contributed by atoms with E-state index >= 15 is 0 Å². The van der Waals surface area contributed by atoms with E-state index in [-0.39, 0.29) is 18.7 Å². The molecule has 0 atom stereocenters. The molecule has 3 N–H and O–H groups in total. The van der Waals surface area contributed by atoms with Crippen LogP contribution >= 0.6 is 0 Å². The summed E-state index contributed by atoms with van der Waals surface area (Å²) in [5, 5.41) is 9.53. The number of aliphatic carboxylic acids is 1. The number of carbonyl (C=O) groups is 2. The van der Waals surface area contributed by atoms with Crippen molar-refractivity contribution in [3.63, 3.8) is 0 Å². The molecule has 5 heteroatoms. The van der Waals surface area contributed by atoms with Gasteiger partial charge in [0, 0.05) is 29.2 Å². The molecule has 2 rings (SSSR count). The van der Waals surface area contributed by atoms with Crippen LogP contribution in [0.4, 0.5) is 0 Å². The SMILES string of the molecule is NCC(=O)c1cn(CCC(=O)O)c2ccccc12. The second-order valence-electron chi connectivity index (χ2n) is 4.02. The van der Waals surface area contributed by atoms with E-state index in [1.54, 1.807) is 10.8 Å². The van der Waals surface area contributed by atoms with Gasteiger partial charge in [-0.25, -0.2) is 0 Å². The fourth-order valence-electron chi connectivity index (χ4n) is 1.98. The third kappa shape index (κ3) is 2.26. The van der Waals surface area contributed by atoms with Crippen LogP contribution < -0.4 is 5.73 Å². The molecule has 0 aliphatic carbocycles. The largest absolute Gasteiger partial charge is 0.481 e. The first kappa shape index (κ1) is 12.3. The average molecular weight is 246 g/mol. The van der Waals surface area contributed by atoms with Crippen LogP contribution in [0.15, 0.2) is 30.5 Å². The van der Waals surface area contributed by atoms with Crippen molar-refractivity contribution in [3.8, 4) is 0 Å². The van der Waals surface area contributed by atoms with Gasteiger partial charge in [-0.2, -0.15) is 0 Å². The number of rotatable bonds is 5. The Morgan fingerprint density at radius 3 is 2.67 bits per heavy atom. The molecule has 0 aliphatic heterocycles. The Labute approximate surface area is 104 Å². The van der Waals surface area contributed by atoms with Gasteiger partial charge in [0.25, 0.3) is 0 Å². The fraction of sp³-hybridized carbons (Fsp3) is 0.231. The van der Waals surface area contributed by atoms with Gasteiger partial charge < -0.3 is 15.4 Å². The first-order valence-corrected chi connectivity index (χ1v) is 5.66. The number of hydrogen-bond donors (Lipinski definition) is 2. The first-order valence-electron chi connectivity index (χ1n) is 5.66. The molecule has 5 nitrogen and oxygen atoms in total. The van der Waals surface area contributed by atoms with Gasteiger partial charge in [0.15, 0.2) is 5.78 Å². The summed E-state index contributed by atoms with van der Waals surface area (Å²) in [4.78, 5) is 22.3. The van der Waals surface area contributed by atoms with Crippen LogP contribution in [0.5, 0.6) is 0 Å². The molecule has 0 radical (unpaired) electrons. The fourth-order valence-corrected chi connectivity index (χ4v) is 1.98. The number of Topliss-reactive ketones (excluding diaryl/α,β-unsaturated/α-hetero) is 1. The summed E-state index contributed by atoms with van der Waals surface area (Å²) in [5.74, 6) is -1.00. The van der Waals surface area contributed by atoms with Gasteiger partial charge in [-0.05, 0) is 6.07 Å². The normalized spacial score (nSPS) is 10.7. The lowest BCUT2D eigenvalue weighted by atomic mass is 10.1. The molecule has 0 fully saturated rings. The van der Waals surface area contributed by atoms with E-state index in [9.17, 15) is 9.59 Å². The zero-order valence-corrected chi connectivity index (χ0v) is 9.80. The molecule has 0 spiro atoms. The summed E-state index contributed by atoms with van der Waals surface area (Å²) in [5.41, 5.74) is 6.78. The lowest BCUT2D eigenvalue weighted by molar-refractivity contribution is -0.137. The summed E-state index contributed by atoms with van der Waals surface area (Å²) >= 11 is 0. The Bertz CT molecular complexity index is 601. The van der Waals surface area contributed by atoms with Gasteiger partial charge in [-0.1, -0.05) is 18.2 Å². The molecule has 1 heterocycles. The second-order valence-corrected chi connectivity index (χ2v) is 4.02. The van der Waals surface area contributed by atoms with Crippen molar-refractivity contribution in [1.82, 2.24) is 4.57 Å². The van der Waals surface area contributed by atoms with Crippen LogP contribution in [-0.4, -0.2) is 28.0 Å². The van der Waals surface area contributed by atoms with Crippen LogP contribution in [-0.2, 0) is 11.3 Å². The average Bonchev–Trinajstić information content (AvgIpc) is 2.74. The molecular weight excluding hydrogens is 232 g/mol. The number of nitrogens with two attached hydrogens (primary N) is 1. The Morgan fingerprint density at radius 1 is 1.28 bits per heavy atom. The number of ketones is 1. The Balaban J connectivity index is 2.47. The summed E-state index contributed by atoms with van der Waals surface area (Å²) in [6.45, 7) is 0.292. The van der Waals surface area contributed by atoms with Crippen molar-refractivity contribution >= 4 is 22.7 Å². The number of carbonyl (C=O) groups excluding carboxylic acids is 1. The maximum Gasteiger partial charge on any atom is 0.305 e. The van der Waals surface area contributed by atoms with Crippen molar-refractivity contribution in [1.29, 1.82) is 0 Å². The maximum atomic E-state index is 11.7. The molecule has 1 aromatic carbocycles. The lowest BCUT2D eigenvalue weighted by Crippen LogP contribution is -2.13. The summed E-state index contributed by atoms with van der Waals surface area (Å²) in [6, 6.07) is 7.41. The molecule has 1 aromatic heterocycles. The zero-order valence-electron chi connectivity index (χ0n) is 9.80. The third-order valence-corrected chi connectivity index (χ3v) is 2.84. The number of fused-ring (bicyclic) bond motifs is 1. The van der Waals surface area contributed by atoms with Crippen LogP contribution in [0, 0.1) is 0 Å². The number of nitrogens with zero attached hydrogens (tertiary/aromatic N) is 1. The van der Waals surface area contributed by atoms with E-state index < -0.39 is 5.97 Å². The maximum absolute atomic E-state index is 11.7. The van der Waals surface area contributed by atoms with Crippen LogP contribution in [0.3, 0.4) is 0 Å². The van der Waals surface area contributed by atoms with E-state index in [4.69, 9.17) is 10.8 Å². The number of aromatic nitrogens is 1. The Hall–Kier alpha value is -2.14. The van der Waals surface area contributed by atoms with Gasteiger partial charge >= 0.3 is 5.97 Å². The van der Waals surface area contributed by atoms with E-state index in [0.29, 0.717) is 12.1 Å². The molecule has 0 bridgehead atoms. The van der Waals surface area contributed by atoms with Gasteiger partial charge in [-0.15, -0.1) is 0 Å². The number of carboxylic acids is 1. The van der Waals surface area contributed by atoms with Crippen molar-refractivity contribution < 1.29 is 14.7 Å². The molecule has 2 aromatic rings. The highest BCUT2D eigenvalue weighted by atomic mass is 16.4. The van der Waals surface area contributed by atoms with E-state index in [1.165, 1.54) is 0 Å². The molecule has 94 valence electrons. The topological polar surface area (TPSA) is 85.3 Å². The van der Waals surface area contributed by atoms with Crippen molar-refractivity contribution in [2.24, 2.45) is 5.73 Å². The van der Waals surface area contributed by atoms with Crippen LogP contribution in [0.2, 0.25) is 0 Å². The minimum absolute atomic E-state index is 0.0227. The predicted molar refractivity (Wildman–Crippen MR) is 67.6 cm³/mol. The first-order chi connectivity index (χ1) is 8.63. The van der Waals surface area contributed by atoms with Crippen LogP contribution in [0.25, 0.3) is 10.9 Å². The predicted octanol–water partition coefficient (Wildman–Crippen LogP) is 1.26. The Morgan fingerprint density at radius 2 is 2.00 bits per heavy atom. The number of para-hydroxylation sites is 1. The number of aryl methyl sites for hydroxylation is 1. The van der Waals surface area contributed by atoms with Gasteiger partial charge in [0.1, 0.15) is 0 Å². The quantitative estimate of drug-likeness (QED) is 0.778. The van der Waals surface area contributed by atoms with Crippen molar-refractivity contribution in [2.75, 3.05) is 6.54 Å². The molecule has 0 amide bonds. The number of hydrogen-bond acceptors (Lipinski definition) is 3. The Kier molecular flexibility index (Phi) is 3.43. The zero-order chi connectivity index (χ0) is 13.1. The summed E-state index contributed by atoms with van der Waals surface area (Å²) < 4.78 is 1.78.